The monoisotopic (exact) mass is 420 g/mol. The third-order valence-corrected chi connectivity index (χ3v) is 8.57. The Kier molecular flexibility index (Phi) is 4.73. The zero-order valence-corrected chi connectivity index (χ0v) is 17.6. The first-order valence-electron chi connectivity index (χ1n) is 10.7. The van der Waals surface area contributed by atoms with E-state index in [9.17, 15) is 13.2 Å². The molecular weight excluding hydrogens is 392 g/mol. The Morgan fingerprint density at radius 1 is 1.14 bits per heavy atom. The second kappa shape index (κ2) is 7.04. The number of amides is 1. The van der Waals surface area contributed by atoms with E-state index in [-0.39, 0.29) is 16.8 Å². The van der Waals surface area contributed by atoms with Crippen LogP contribution in [0, 0.1) is 5.92 Å². The van der Waals surface area contributed by atoms with Crippen molar-refractivity contribution in [2.45, 2.75) is 62.2 Å². The van der Waals surface area contributed by atoms with Gasteiger partial charge in [0.05, 0.1) is 23.8 Å². The highest BCUT2D eigenvalue weighted by molar-refractivity contribution is 7.89. The molecule has 1 atom stereocenters. The fourth-order valence-corrected chi connectivity index (χ4v) is 6.64. The smallest absolute Gasteiger partial charge is 0.292 e. The quantitative estimate of drug-likeness (QED) is 0.732. The van der Waals surface area contributed by atoms with Gasteiger partial charge in [-0.05, 0) is 56.2 Å². The van der Waals surface area contributed by atoms with Gasteiger partial charge in [0, 0.05) is 24.7 Å². The van der Waals surface area contributed by atoms with Gasteiger partial charge in [-0.25, -0.2) is 8.42 Å². The van der Waals surface area contributed by atoms with Crippen LogP contribution in [-0.2, 0) is 30.1 Å². The number of carbonyl (C=O) groups excluding carboxylic acids is 1. The number of sulfonamides is 1. The summed E-state index contributed by atoms with van der Waals surface area (Å²) >= 11 is 0. The van der Waals surface area contributed by atoms with E-state index < -0.39 is 15.8 Å². The van der Waals surface area contributed by atoms with Crippen LogP contribution in [0.15, 0.2) is 23.1 Å². The number of fused-ring (bicyclic) bond motifs is 2. The fourth-order valence-electron chi connectivity index (χ4n) is 4.84. The molecule has 0 bridgehead atoms. The summed E-state index contributed by atoms with van der Waals surface area (Å²) in [6, 6.07) is 5.04. The molecule has 1 amide bonds. The highest BCUT2D eigenvalue weighted by Gasteiger charge is 2.57. The Bertz CT molecular complexity index is 921. The van der Waals surface area contributed by atoms with E-state index in [0.29, 0.717) is 43.5 Å². The van der Waals surface area contributed by atoms with Crippen LogP contribution in [-0.4, -0.2) is 51.0 Å². The Balaban J connectivity index is 1.56. The SMILES string of the molecule is CCC1CCCCN1S(=O)(=O)c1ccc2c(c1)C1(OCCO1)C(=O)N2CC1CC1. The third kappa shape index (κ3) is 3.03. The van der Waals surface area contributed by atoms with Crippen molar-refractivity contribution in [3.63, 3.8) is 0 Å². The number of piperidine rings is 1. The molecule has 4 aliphatic rings. The molecule has 29 heavy (non-hydrogen) atoms. The topological polar surface area (TPSA) is 76.1 Å². The summed E-state index contributed by atoms with van der Waals surface area (Å²) in [4.78, 5) is 15.2. The van der Waals surface area contributed by atoms with E-state index in [1.807, 2.05) is 6.92 Å². The zero-order chi connectivity index (χ0) is 20.2. The number of nitrogens with zero attached hydrogens (tertiary/aromatic N) is 2. The predicted octanol–water partition coefficient (Wildman–Crippen LogP) is 2.60. The highest BCUT2D eigenvalue weighted by Crippen LogP contribution is 2.48. The average Bonchev–Trinajstić information content (AvgIpc) is 3.37. The molecule has 3 heterocycles. The summed E-state index contributed by atoms with van der Waals surface area (Å²) in [5.74, 6) is -1.21. The minimum atomic E-state index is -3.64. The molecule has 0 N–H and O–H groups in total. The van der Waals surface area contributed by atoms with Crippen molar-refractivity contribution in [2.24, 2.45) is 5.92 Å². The maximum atomic E-state index is 13.5. The van der Waals surface area contributed by atoms with Gasteiger partial charge in [-0.15, -0.1) is 0 Å². The highest BCUT2D eigenvalue weighted by atomic mass is 32.2. The van der Waals surface area contributed by atoms with Crippen molar-refractivity contribution < 1.29 is 22.7 Å². The van der Waals surface area contributed by atoms with Gasteiger partial charge >= 0.3 is 0 Å². The van der Waals surface area contributed by atoms with Gasteiger partial charge in [0.15, 0.2) is 0 Å². The molecule has 1 spiro atoms. The van der Waals surface area contributed by atoms with Gasteiger partial charge in [-0.1, -0.05) is 13.3 Å². The van der Waals surface area contributed by atoms with Gasteiger partial charge in [-0.3, -0.25) is 4.79 Å². The van der Waals surface area contributed by atoms with Crippen LogP contribution in [0.5, 0.6) is 0 Å². The lowest BCUT2D eigenvalue weighted by Gasteiger charge is -2.34. The number of benzene rings is 1. The lowest BCUT2D eigenvalue weighted by atomic mass is 10.0. The minimum absolute atomic E-state index is 0.0305. The van der Waals surface area contributed by atoms with E-state index >= 15 is 0 Å². The Morgan fingerprint density at radius 2 is 1.90 bits per heavy atom. The molecule has 0 radical (unpaired) electrons. The number of carbonyl (C=O) groups is 1. The number of hydrogen-bond donors (Lipinski definition) is 0. The minimum Gasteiger partial charge on any atom is -0.336 e. The fraction of sp³-hybridized carbons (Fsp3) is 0.667. The molecule has 158 valence electrons. The van der Waals surface area contributed by atoms with Gasteiger partial charge in [0.25, 0.3) is 11.7 Å². The van der Waals surface area contributed by atoms with Crippen molar-refractivity contribution in [3.05, 3.63) is 23.8 Å². The maximum absolute atomic E-state index is 13.5. The summed E-state index contributed by atoms with van der Waals surface area (Å²) in [6.45, 7) is 3.86. The van der Waals surface area contributed by atoms with E-state index in [1.54, 1.807) is 27.4 Å². The summed E-state index contributed by atoms with van der Waals surface area (Å²) in [6.07, 6.45) is 5.87. The van der Waals surface area contributed by atoms with Crippen LogP contribution >= 0.6 is 0 Å². The third-order valence-electron chi connectivity index (χ3n) is 6.62. The van der Waals surface area contributed by atoms with Crippen molar-refractivity contribution in [3.8, 4) is 0 Å². The number of hydrogen-bond acceptors (Lipinski definition) is 5. The van der Waals surface area contributed by atoms with Crippen LogP contribution in [0.3, 0.4) is 0 Å². The standard InChI is InChI=1S/C21H28N2O5S/c1-2-16-5-3-4-10-23(16)29(25,26)17-8-9-19-18(13-17)21(27-11-12-28-21)20(24)22(19)14-15-6-7-15/h8-9,13,15-16H,2-7,10-12,14H2,1H3. The molecule has 5 rings (SSSR count). The second-order valence-corrected chi connectivity index (χ2v) is 10.4. The second-order valence-electron chi connectivity index (χ2n) is 8.53. The molecule has 0 aromatic heterocycles. The summed E-state index contributed by atoms with van der Waals surface area (Å²) < 4.78 is 40.2. The Labute approximate surface area is 172 Å². The molecule has 1 aliphatic carbocycles. The summed E-state index contributed by atoms with van der Waals surface area (Å²) in [7, 11) is -3.64. The molecule has 1 aromatic rings. The maximum Gasteiger partial charge on any atom is 0.292 e. The molecular formula is C21H28N2O5S. The summed E-state index contributed by atoms with van der Waals surface area (Å²) in [5.41, 5.74) is 1.25. The van der Waals surface area contributed by atoms with Crippen molar-refractivity contribution in [1.82, 2.24) is 4.31 Å². The van der Waals surface area contributed by atoms with E-state index in [2.05, 4.69) is 0 Å². The van der Waals surface area contributed by atoms with Gasteiger partial charge in [0.2, 0.25) is 10.0 Å². The number of anilines is 1. The van der Waals surface area contributed by atoms with E-state index in [0.717, 1.165) is 38.5 Å². The van der Waals surface area contributed by atoms with E-state index in [4.69, 9.17) is 9.47 Å². The molecule has 2 saturated heterocycles. The predicted molar refractivity (Wildman–Crippen MR) is 107 cm³/mol. The van der Waals surface area contributed by atoms with Crippen molar-refractivity contribution >= 4 is 21.6 Å². The molecule has 1 saturated carbocycles. The first kappa shape index (κ1) is 19.5. The molecule has 1 aromatic carbocycles. The van der Waals surface area contributed by atoms with Crippen LogP contribution in [0.2, 0.25) is 0 Å². The Hall–Kier alpha value is -1.48. The average molecular weight is 421 g/mol. The lowest BCUT2D eigenvalue weighted by Crippen LogP contribution is -2.43. The van der Waals surface area contributed by atoms with Crippen molar-refractivity contribution in [1.29, 1.82) is 0 Å². The first-order valence-corrected chi connectivity index (χ1v) is 12.2. The van der Waals surface area contributed by atoms with E-state index in [1.165, 1.54) is 0 Å². The summed E-state index contributed by atoms with van der Waals surface area (Å²) in [5, 5.41) is 0. The molecule has 1 unspecified atom stereocenters. The molecule has 3 fully saturated rings. The van der Waals surface area contributed by atoms with Crippen LogP contribution in [0.4, 0.5) is 5.69 Å². The zero-order valence-electron chi connectivity index (χ0n) is 16.8. The van der Waals surface area contributed by atoms with Crippen LogP contribution < -0.4 is 4.90 Å². The molecule has 8 heteroatoms. The van der Waals surface area contributed by atoms with Crippen LogP contribution in [0.25, 0.3) is 0 Å². The largest absolute Gasteiger partial charge is 0.336 e. The van der Waals surface area contributed by atoms with Gasteiger partial charge < -0.3 is 14.4 Å². The molecule has 3 aliphatic heterocycles. The Morgan fingerprint density at radius 3 is 2.59 bits per heavy atom. The normalized spacial score (nSPS) is 27.0. The van der Waals surface area contributed by atoms with Crippen LogP contribution in [0.1, 0.15) is 51.0 Å². The number of ether oxygens (including phenoxy) is 2. The first-order chi connectivity index (χ1) is 14.0. The van der Waals surface area contributed by atoms with Gasteiger partial charge in [-0.2, -0.15) is 4.31 Å². The van der Waals surface area contributed by atoms with Gasteiger partial charge in [0.1, 0.15) is 0 Å². The molecule has 7 nitrogen and oxygen atoms in total. The lowest BCUT2D eigenvalue weighted by molar-refractivity contribution is -0.180. The van der Waals surface area contributed by atoms with Crippen molar-refractivity contribution in [2.75, 3.05) is 31.2 Å². The number of rotatable bonds is 5.